The molecule has 1 saturated heterocycles. The molecule has 0 bridgehead atoms. The van der Waals surface area contributed by atoms with Gasteiger partial charge in [-0.15, -0.1) is 0 Å². The lowest BCUT2D eigenvalue weighted by Gasteiger charge is -2.22. The van der Waals surface area contributed by atoms with Gasteiger partial charge in [-0.2, -0.15) is 0 Å². The van der Waals surface area contributed by atoms with Crippen LogP contribution in [0.25, 0.3) is 0 Å². The lowest BCUT2D eigenvalue weighted by molar-refractivity contribution is 0.656. The van der Waals surface area contributed by atoms with E-state index in [0.29, 0.717) is 11.1 Å². The maximum atomic E-state index is 6.28. The van der Waals surface area contributed by atoms with Crippen LogP contribution in [0.5, 0.6) is 0 Å². The van der Waals surface area contributed by atoms with E-state index in [4.69, 9.17) is 11.6 Å². The Morgan fingerprint density at radius 1 is 1.25 bits per heavy atom. The molecule has 24 heavy (non-hydrogen) atoms. The van der Waals surface area contributed by atoms with E-state index in [1.165, 1.54) is 24.1 Å². The minimum Gasteiger partial charge on any atom is -0.365 e. The highest BCUT2D eigenvalue weighted by Crippen LogP contribution is 2.29. The Bertz CT molecular complexity index is 748. The maximum absolute atomic E-state index is 6.28. The predicted molar refractivity (Wildman–Crippen MR) is 96.9 cm³/mol. The van der Waals surface area contributed by atoms with E-state index in [9.17, 15) is 0 Å². The third-order valence-corrected chi connectivity index (χ3v) is 5.16. The van der Waals surface area contributed by atoms with Gasteiger partial charge in [0, 0.05) is 36.6 Å². The van der Waals surface area contributed by atoms with Gasteiger partial charge in [0.1, 0.15) is 17.5 Å². The quantitative estimate of drug-likeness (QED) is 0.925. The average Bonchev–Trinajstić information content (AvgIpc) is 3.03. The molecule has 1 fully saturated rings. The Morgan fingerprint density at radius 2 is 2.12 bits per heavy atom. The normalized spacial score (nSPS) is 20.1. The highest BCUT2D eigenvalue weighted by molar-refractivity contribution is 6.32. The van der Waals surface area contributed by atoms with Gasteiger partial charge in [-0.25, -0.2) is 15.0 Å². The highest BCUT2D eigenvalue weighted by Gasteiger charge is 2.26. The van der Waals surface area contributed by atoms with Gasteiger partial charge in [-0.3, -0.25) is 0 Å². The summed E-state index contributed by atoms with van der Waals surface area (Å²) in [6, 6.07) is 4.13. The minimum absolute atomic E-state index is 0.364. The fourth-order valence-corrected chi connectivity index (χ4v) is 3.95. The van der Waals surface area contributed by atoms with Crippen LogP contribution in [0.1, 0.15) is 36.3 Å². The second-order valence-electron chi connectivity index (χ2n) is 6.64. The standard InChI is InChI=1S/C18H22ClN5/c1-12-21-16-7-3-2-5-14(16)17(22-12)23-13-8-10-24(11-13)18-15(19)6-4-9-20-18/h4,6,9,13H,2-3,5,7-8,10-11H2,1H3,(H,21,22,23). The Kier molecular flexibility index (Phi) is 4.27. The summed E-state index contributed by atoms with van der Waals surface area (Å²) in [5.74, 6) is 2.78. The Morgan fingerprint density at radius 3 is 3.00 bits per heavy atom. The zero-order chi connectivity index (χ0) is 16.5. The number of hydrogen-bond donors (Lipinski definition) is 1. The molecular weight excluding hydrogens is 322 g/mol. The molecular formula is C18H22ClN5. The number of rotatable bonds is 3. The van der Waals surface area contributed by atoms with E-state index < -0.39 is 0 Å². The summed E-state index contributed by atoms with van der Waals surface area (Å²) in [6.45, 7) is 3.84. The monoisotopic (exact) mass is 343 g/mol. The molecule has 0 aromatic carbocycles. The molecule has 126 valence electrons. The van der Waals surface area contributed by atoms with Crippen molar-refractivity contribution in [2.24, 2.45) is 0 Å². The van der Waals surface area contributed by atoms with Crippen LogP contribution in [0.2, 0.25) is 5.02 Å². The second kappa shape index (κ2) is 6.55. The molecule has 1 unspecified atom stereocenters. The number of nitrogens with one attached hydrogen (secondary N) is 1. The van der Waals surface area contributed by atoms with Gasteiger partial charge < -0.3 is 10.2 Å². The molecule has 2 aliphatic rings. The first kappa shape index (κ1) is 15.6. The fraction of sp³-hybridized carbons (Fsp3) is 0.500. The van der Waals surface area contributed by atoms with Gasteiger partial charge in [0.15, 0.2) is 0 Å². The Hall–Kier alpha value is -1.88. The van der Waals surface area contributed by atoms with E-state index in [1.807, 2.05) is 19.1 Å². The van der Waals surface area contributed by atoms with Gasteiger partial charge in [-0.1, -0.05) is 11.6 Å². The number of pyridine rings is 1. The molecule has 0 saturated carbocycles. The number of nitrogens with zero attached hydrogens (tertiary/aromatic N) is 4. The van der Waals surface area contributed by atoms with Gasteiger partial charge in [-0.05, 0) is 51.2 Å². The van der Waals surface area contributed by atoms with Gasteiger partial charge in [0.25, 0.3) is 0 Å². The summed E-state index contributed by atoms with van der Waals surface area (Å²) in [4.78, 5) is 16.0. The Balaban J connectivity index is 1.51. The van der Waals surface area contributed by atoms with Crippen LogP contribution in [0.4, 0.5) is 11.6 Å². The summed E-state index contributed by atoms with van der Waals surface area (Å²) in [6.07, 6.45) is 7.48. The summed E-state index contributed by atoms with van der Waals surface area (Å²) < 4.78 is 0. The topological polar surface area (TPSA) is 53.9 Å². The summed E-state index contributed by atoms with van der Waals surface area (Å²) in [5.41, 5.74) is 2.56. The van der Waals surface area contributed by atoms with Gasteiger partial charge in [0.2, 0.25) is 0 Å². The van der Waals surface area contributed by atoms with Crippen LogP contribution < -0.4 is 10.2 Å². The minimum atomic E-state index is 0.364. The first-order valence-corrected chi connectivity index (χ1v) is 9.07. The van der Waals surface area contributed by atoms with Crippen molar-refractivity contribution in [2.45, 2.75) is 45.1 Å². The molecule has 0 spiro atoms. The number of hydrogen-bond acceptors (Lipinski definition) is 5. The molecule has 6 heteroatoms. The Labute approximate surface area is 147 Å². The average molecular weight is 344 g/mol. The summed E-state index contributed by atoms with van der Waals surface area (Å²) in [7, 11) is 0. The van der Waals surface area contributed by atoms with E-state index in [1.54, 1.807) is 6.20 Å². The predicted octanol–water partition coefficient (Wildman–Crippen LogP) is 3.40. The second-order valence-corrected chi connectivity index (χ2v) is 7.04. The molecule has 3 heterocycles. The molecule has 1 N–H and O–H groups in total. The largest absolute Gasteiger partial charge is 0.365 e. The summed E-state index contributed by atoms with van der Waals surface area (Å²) >= 11 is 6.28. The third-order valence-electron chi connectivity index (χ3n) is 4.86. The first-order chi connectivity index (χ1) is 11.7. The third kappa shape index (κ3) is 3.05. The molecule has 4 rings (SSSR count). The summed E-state index contributed by atoms with van der Waals surface area (Å²) in [5, 5.41) is 4.38. The van der Waals surface area contributed by atoms with E-state index in [-0.39, 0.29) is 0 Å². The van der Waals surface area contributed by atoms with Crippen molar-refractivity contribution in [1.29, 1.82) is 0 Å². The van der Waals surface area contributed by atoms with Crippen molar-refractivity contribution < 1.29 is 0 Å². The van der Waals surface area contributed by atoms with E-state index >= 15 is 0 Å². The van der Waals surface area contributed by atoms with Crippen LogP contribution in [0.3, 0.4) is 0 Å². The number of anilines is 2. The van der Waals surface area contributed by atoms with Crippen molar-refractivity contribution in [3.05, 3.63) is 40.4 Å². The molecule has 5 nitrogen and oxygen atoms in total. The molecule has 2 aromatic rings. The highest BCUT2D eigenvalue weighted by atomic mass is 35.5. The SMILES string of the molecule is Cc1nc2c(c(NC3CCN(c4ncccc4Cl)C3)n1)CCCC2. The van der Waals surface area contributed by atoms with Crippen LogP contribution >= 0.6 is 11.6 Å². The number of aromatic nitrogens is 3. The van der Waals surface area contributed by atoms with Crippen molar-refractivity contribution in [3.63, 3.8) is 0 Å². The van der Waals surface area contributed by atoms with E-state index in [2.05, 4.69) is 25.2 Å². The number of halogens is 1. The van der Waals surface area contributed by atoms with Crippen LogP contribution in [-0.4, -0.2) is 34.1 Å². The van der Waals surface area contributed by atoms with Crippen LogP contribution in [-0.2, 0) is 12.8 Å². The number of fused-ring (bicyclic) bond motifs is 1. The van der Waals surface area contributed by atoms with Crippen molar-refractivity contribution >= 4 is 23.2 Å². The maximum Gasteiger partial charge on any atom is 0.147 e. The lowest BCUT2D eigenvalue weighted by Crippen LogP contribution is -2.28. The van der Waals surface area contributed by atoms with Crippen LogP contribution in [0.15, 0.2) is 18.3 Å². The lowest BCUT2D eigenvalue weighted by atomic mass is 9.96. The van der Waals surface area contributed by atoms with Gasteiger partial charge in [0.05, 0.1) is 5.02 Å². The molecule has 1 aliphatic heterocycles. The molecule has 1 atom stereocenters. The smallest absolute Gasteiger partial charge is 0.147 e. The van der Waals surface area contributed by atoms with Crippen molar-refractivity contribution in [2.75, 3.05) is 23.3 Å². The number of aryl methyl sites for hydroxylation is 2. The van der Waals surface area contributed by atoms with Gasteiger partial charge >= 0.3 is 0 Å². The van der Waals surface area contributed by atoms with Crippen LogP contribution in [0, 0.1) is 6.92 Å². The van der Waals surface area contributed by atoms with Crippen molar-refractivity contribution in [3.8, 4) is 0 Å². The zero-order valence-electron chi connectivity index (χ0n) is 13.9. The molecule has 0 radical (unpaired) electrons. The first-order valence-electron chi connectivity index (χ1n) is 8.69. The fourth-order valence-electron chi connectivity index (χ4n) is 3.71. The molecule has 0 amide bonds. The molecule has 1 aliphatic carbocycles. The molecule has 2 aromatic heterocycles. The van der Waals surface area contributed by atoms with Crippen molar-refractivity contribution in [1.82, 2.24) is 15.0 Å². The zero-order valence-corrected chi connectivity index (χ0v) is 14.7. The van der Waals surface area contributed by atoms with E-state index in [0.717, 1.165) is 49.8 Å².